The molecule has 0 aromatic carbocycles. The van der Waals surface area contributed by atoms with E-state index in [0.717, 1.165) is 6.42 Å². The van der Waals surface area contributed by atoms with Gasteiger partial charge < -0.3 is 9.84 Å². The van der Waals surface area contributed by atoms with Gasteiger partial charge in [-0.25, -0.2) is 4.79 Å². The fourth-order valence-electron chi connectivity index (χ4n) is 1.91. The number of ketones is 1. The maximum Gasteiger partial charge on any atom is 0.323 e. The molecule has 14 heavy (non-hydrogen) atoms. The molecule has 0 heterocycles. The van der Waals surface area contributed by atoms with Crippen molar-refractivity contribution in [1.82, 2.24) is 0 Å². The number of rotatable bonds is 2. The van der Waals surface area contributed by atoms with Crippen molar-refractivity contribution in [3.63, 3.8) is 0 Å². The maximum atomic E-state index is 11.4. The van der Waals surface area contributed by atoms with Crippen molar-refractivity contribution in [3.05, 3.63) is 11.3 Å². The van der Waals surface area contributed by atoms with E-state index in [1.54, 1.807) is 6.92 Å². The number of allylic oxidation sites excluding steroid dienone is 1. The lowest BCUT2D eigenvalue weighted by atomic mass is 10.1. The summed E-state index contributed by atoms with van der Waals surface area (Å²) in [6.07, 6.45) is 1.36. The topological polar surface area (TPSA) is 66.4 Å². The molecule has 4 nitrogen and oxygen atoms in total. The Morgan fingerprint density at radius 3 is 2.86 bits per heavy atom. The minimum atomic E-state index is -0.892. The van der Waals surface area contributed by atoms with Crippen LogP contribution in [0.1, 0.15) is 19.8 Å². The van der Waals surface area contributed by atoms with Crippen LogP contribution in [0.2, 0.25) is 0 Å². The normalized spacial score (nSPS) is 32.5. The number of Topliss-reactive ketones (excluding diaryl/α,β-unsaturated/α-hetero) is 1. The van der Waals surface area contributed by atoms with E-state index in [1.165, 1.54) is 0 Å². The summed E-state index contributed by atoms with van der Waals surface area (Å²) in [5.74, 6) is -1.39. The fraction of sp³-hybridized carbons (Fsp3) is 0.600. The van der Waals surface area contributed by atoms with E-state index < -0.39 is 11.7 Å². The highest BCUT2D eigenvalue weighted by atomic mass is 16.5. The molecule has 2 aliphatic carbocycles. The first-order valence-corrected chi connectivity index (χ1v) is 4.76. The van der Waals surface area contributed by atoms with Crippen LogP contribution >= 0.6 is 0 Å². The summed E-state index contributed by atoms with van der Waals surface area (Å²) in [5, 5.41) is 11.4. The maximum absolute atomic E-state index is 11.4. The molecule has 2 rings (SSSR count). The highest BCUT2D eigenvalue weighted by molar-refractivity contribution is 6.06. The molecule has 2 atom stereocenters. The summed E-state index contributed by atoms with van der Waals surface area (Å²) in [6, 6.07) is 0. The van der Waals surface area contributed by atoms with E-state index in [2.05, 4.69) is 4.74 Å². The first-order chi connectivity index (χ1) is 6.65. The number of carbonyl (C=O) groups excluding carboxylic acids is 2. The zero-order chi connectivity index (χ0) is 10.3. The van der Waals surface area contributed by atoms with Crippen molar-refractivity contribution in [2.75, 3.05) is 6.61 Å². The van der Waals surface area contributed by atoms with Crippen LogP contribution < -0.4 is 5.11 Å². The Balaban J connectivity index is 2.15. The Bertz CT molecular complexity index is 329. The third-order valence-electron chi connectivity index (χ3n) is 2.76. The number of hydrogen-bond donors (Lipinski definition) is 0. The molecule has 0 amide bonds. The average molecular weight is 195 g/mol. The molecule has 0 aromatic rings. The molecule has 0 aliphatic heterocycles. The van der Waals surface area contributed by atoms with Gasteiger partial charge >= 0.3 is 5.97 Å². The van der Waals surface area contributed by atoms with Gasteiger partial charge in [0.15, 0.2) is 5.78 Å². The van der Waals surface area contributed by atoms with Crippen LogP contribution in [-0.4, -0.2) is 18.4 Å². The van der Waals surface area contributed by atoms with Crippen molar-refractivity contribution < 1.29 is 19.4 Å². The van der Waals surface area contributed by atoms with Gasteiger partial charge in [-0.05, 0) is 37.0 Å². The van der Waals surface area contributed by atoms with Gasteiger partial charge in [-0.1, -0.05) is 0 Å². The van der Waals surface area contributed by atoms with Crippen molar-refractivity contribution >= 4 is 11.8 Å². The van der Waals surface area contributed by atoms with E-state index in [9.17, 15) is 14.7 Å². The van der Waals surface area contributed by atoms with E-state index >= 15 is 0 Å². The third kappa shape index (κ3) is 1.31. The van der Waals surface area contributed by atoms with Gasteiger partial charge in [-0.2, -0.15) is 0 Å². The smallest absolute Gasteiger partial charge is 0.323 e. The van der Waals surface area contributed by atoms with Crippen LogP contribution in [0.15, 0.2) is 11.3 Å². The van der Waals surface area contributed by atoms with Gasteiger partial charge in [0.25, 0.3) is 0 Å². The van der Waals surface area contributed by atoms with Crippen molar-refractivity contribution in [1.29, 1.82) is 0 Å². The number of carbonyl (C=O) groups is 2. The SMILES string of the molecule is CCOC(=O)C([O-])=C1C[C@H]2C[C@H]2C1=O. The van der Waals surface area contributed by atoms with Gasteiger partial charge in [0, 0.05) is 5.92 Å². The molecule has 0 saturated heterocycles. The Morgan fingerprint density at radius 2 is 2.36 bits per heavy atom. The molecule has 0 spiro atoms. The fourth-order valence-corrected chi connectivity index (χ4v) is 1.91. The Labute approximate surface area is 81.6 Å². The molecule has 0 N–H and O–H groups in total. The Kier molecular flexibility index (Phi) is 2.06. The van der Waals surface area contributed by atoms with Crippen molar-refractivity contribution in [2.45, 2.75) is 19.8 Å². The zero-order valence-corrected chi connectivity index (χ0v) is 7.91. The summed E-state index contributed by atoms with van der Waals surface area (Å²) in [6.45, 7) is 1.79. The summed E-state index contributed by atoms with van der Waals surface area (Å²) in [7, 11) is 0. The first kappa shape index (κ1) is 9.24. The highest BCUT2D eigenvalue weighted by Crippen LogP contribution is 2.52. The predicted octanol–water partition coefficient (Wildman–Crippen LogP) is -0.227. The van der Waals surface area contributed by atoms with E-state index in [1.807, 2.05) is 0 Å². The molecule has 0 aromatic heterocycles. The lowest BCUT2D eigenvalue weighted by molar-refractivity contribution is -0.305. The van der Waals surface area contributed by atoms with E-state index in [4.69, 9.17) is 0 Å². The summed E-state index contributed by atoms with van der Waals surface area (Å²) in [5.41, 5.74) is 0.157. The number of hydrogen-bond acceptors (Lipinski definition) is 4. The van der Waals surface area contributed by atoms with Gasteiger partial charge in [0.1, 0.15) is 0 Å². The first-order valence-electron chi connectivity index (χ1n) is 4.76. The highest BCUT2D eigenvalue weighted by Gasteiger charge is 2.50. The molecule has 2 aliphatic rings. The molecule has 0 unspecified atom stereocenters. The van der Waals surface area contributed by atoms with Gasteiger partial charge in [0.05, 0.1) is 6.61 Å². The molecule has 4 heteroatoms. The van der Waals surface area contributed by atoms with Crippen LogP contribution in [-0.2, 0) is 14.3 Å². The third-order valence-corrected chi connectivity index (χ3v) is 2.76. The second-order valence-corrected chi connectivity index (χ2v) is 3.70. The molecule has 76 valence electrons. The molecular weight excluding hydrogens is 184 g/mol. The van der Waals surface area contributed by atoms with Crippen molar-refractivity contribution in [2.24, 2.45) is 11.8 Å². The molecule has 0 bridgehead atoms. The number of ether oxygens (including phenoxy) is 1. The zero-order valence-electron chi connectivity index (χ0n) is 7.91. The number of fused-ring (bicyclic) bond motifs is 1. The lowest BCUT2D eigenvalue weighted by Crippen LogP contribution is -2.22. The number of esters is 1. The Morgan fingerprint density at radius 1 is 1.64 bits per heavy atom. The quantitative estimate of drug-likeness (QED) is 0.347. The Hall–Kier alpha value is -1.32. The van der Waals surface area contributed by atoms with Crippen LogP contribution in [0.3, 0.4) is 0 Å². The lowest BCUT2D eigenvalue weighted by Gasteiger charge is -2.14. The van der Waals surface area contributed by atoms with E-state index in [0.29, 0.717) is 12.3 Å². The van der Waals surface area contributed by atoms with Crippen molar-refractivity contribution in [3.8, 4) is 0 Å². The molecule has 0 radical (unpaired) electrons. The molecule has 2 saturated carbocycles. The van der Waals surface area contributed by atoms with Gasteiger partial charge in [-0.15, -0.1) is 0 Å². The average Bonchev–Trinajstić information content (AvgIpc) is 2.86. The summed E-state index contributed by atoms with van der Waals surface area (Å²) < 4.78 is 4.55. The minimum absolute atomic E-state index is 0.0309. The van der Waals surface area contributed by atoms with E-state index in [-0.39, 0.29) is 23.9 Å². The van der Waals surface area contributed by atoms with Crippen LogP contribution in [0.5, 0.6) is 0 Å². The monoisotopic (exact) mass is 195 g/mol. The minimum Gasteiger partial charge on any atom is -0.867 e. The molecule has 2 fully saturated rings. The summed E-state index contributed by atoms with van der Waals surface area (Å²) >= 11 is 0. The predicted molar refractivity (Wildman–Crippen MR) is 44.9 cm³/mol. The second-order valence-electron chi connectivity index (χ2n) is 3.70. The summed E-state index contributed by atoms with van der Waals surface area (Å²) in [4.78, 5) is 22.5. The second kappa shape index (κ2) is 3.12. The van der Waals surface area contributed by atoms with Crippen LogP contribution in [0.25, 0.3) is 0 Å². The van der Waals surface area contributed by atoms with Crippen LogP contribution in [0, 0.1) is 11.8 Å². The van der Waals surface area contributed by atoms with Gasteiger partial charge in [-0.3, -0.25) is 4.79 Å². The van der Waals surface area contributed by atoms with Gasteiger partial charge in [0.2, 0.25) is 0 Å². The standard InChI is InChI=1S/C10H12O4/c1-2-14-10(13)9(12)7-4-5-3-6(5)8(7)11/h5-6,12H,2-4H2,1H3/p-1/t5-,6-/m1/s1. The molecular formula is C10H11O4-. The van der Waals surface area contributed by atoms with Crippen LogP contribution in [0.4, 0.5) is 0 Å². The largest absolute Gasteiger partial charge is 0.867 e.